The third kappa shape index (κ3) is 2.82. The molecule has 0 radical (unpaired) electrons. The van der Waals surface area contributed by atoms with Gasteiger partial charge in [-0.05, 0) is 43.2 Å². The van der Waals surface area contributed by atoms with E-state index in [1.165, 1.54) is 44.2 Å². The summed E-state index contributed by atoms with van der Waals surface area (Å²) in [5, 5.41) is 8.84. The molecule has 1 aliphatic carbocycles. The zero-order valence-electron chi connectivity index (χ0n) is 12.1. The maximum Gasteiger partial charge on any atom is 0.371 e. The standard InChI is InChI=1S/C16H21NO4/c18-14(12-4-5-13(21-12)15(19)20)17-10-8-16(9-11-17)6-2-1-3-7-16/h4-5H,1-3,6-11H2,(H,19,20). The molecule has 1 saturated carbocycles. The van der Waals surface area contributed by atoms with E-state index in [2.05, 4.69) is 0 Å². The molecule has 2 fully saturated rings. The molecule has 114 valence electrons. The molecule has 1 aromatic rings. The van der Waals surface area contributed by atoms with Gasteiger partial charge in [-0.15, -0.1) is 0 Å². The number of rotatable bonds is 2. The molecule has 1 N–H and O–H groups in total. The molecule has 5 nitrogen and oxygen atoms in total. The van der Waals surface area contributed by atoms with E-state index in [1.54, 1.807) is 4.90 Å². The average Bonchev–Trinajstić information content (AvgIpc) is 2.98. The number of carbonyl (C=O) groups is 2. The monoisotopic (exact) mass is 291 g/mol. The second-order valence-electron chi connectivity index (χ2n) is 6.32. The molecule has 1 aromatic heterocycles. The van der Waals surface area contributed by atoms with Gasteiger partial charge in [0.1, 0.15) is 0 Å². The minimum absolute atomic E-state index is 0.131. The number of carboxylic acid groups (broad SMARTS) is 1. The van der Waals surface area contributed by atoms with Crippen LogP contribution in [0.2, 0.25) is 0 Å². The molecular formula is C16H21NO4. The van der Waals surface area contributed by atoms with Crippen LogP contribution in [0.4, 0.5) is 0 Å². The van der Waals surface area contributed by atoms with Gasteiger partial charge in [-0.25, -0.2) is 4.79 Å². The molecule has 1 aliphatic heterocycles. The Balaban J connectivity index is 1.63. The number of piperidine rings is 1. The second kappa shape index (κ2) is 5.54. The van der Waals surface area contributed by atoms with Crippen LogP contribution >= 0.6 is 0 Å². The fourth-order valence-corrected chi connectivity index (χ4v) is 3.71. The van der Waals surface area contributed by atoms with Crippen LogP contribution in [0.1, 0.15) is 66.1 Å². The number of furan rings is 1. The van der Waals surface area contributed by atoms with Crippen molar-refractivity contribution in [3.63, 3.8) is 0 Å². The minimum atomic E-state index is -1.14. The summed E-state index contributed by atoms with van der Waals surface area (Å²) in [4.78, 5) is 24.9. The van der Waals surface area contributed by atoms with Crippen molar-refractivity contribution in [2.75, 3.05) is 13.1 Å². The van der Waals surface area contributed by atoms with Crippen molar-refractivity contribution >= 4 is 11.9 Å². The Morgan fingerprint density at radius 1 is 1.00 bits per heavy atom. The maximum absolute atomic E-state index is 12.3. The van der Waals surface area contributed by atoms with Gasteiger partial charge in [0.2, 0.25) is 5.76 Å². The lowest BCUT2D eigenvalue weighted by Gasteiger charge is -2.44. The van der Waals surface area contributed by atoms with Crippen molar-refractivity contribution in [3.05, 3.63) is 23.7 Å². The zero-order valence-corrected chi connectivity index (χ0v) is 12.1. The van der Waals surface area contributed by atoms with Crippen molar-refractivity contribution in [3.8, 4) is 0 Å². The topological polar surface area (TPSA) is 70.8 Å². The lowest BCUT2D eigenvalue weighted by atomic mass is 9.68. The van der Waals surface area contributed by atoms with E-state index in [0.29, 0.717) is 5.41 Å². The van der Waals surface area contributed by atoms with Crippen LogP contribution < -0.4 is 0 Å². The predicted octanol–water partition coefficient (Wildman–Crippen LogP) is 3.16. The number of nitrogens with zero attached hydrogens (tertiary/aromatic N) is 1. The van der Waals surface area contributed by atoms with Crippen LogP contribution in [0.3, 0.4) is 0 Å². The summed E-state index contributed by atoms with van der Waals surface area (Å²) in [5.74, 6) is -1.38. The summed E-state index contributed by atoms with van der Waals surface area (Å²) < 4.78 is 5.11. The van der Waals surface area contributed by atoms with Gasteiger partial charge in [0.05, 0.1) is 0 Å². The Morgan fingerprint density at radius 3 is 2.19 bits per heavy atom. The van der Waals surface area contributed by atoms with Gasteiger partial charge in [0, 0.05) is 13.1 Å². The lowest BCUT2D eigenvalue weighted by molar-refractivity contribution is 0.0444. The van der Waals surface area contributed by atoms with Gasteiger partial charge in [0.25, 0.3) is 5.91 Å². The molecule has 3 rings (SSSR count). The highest BCUT2D eigenvalue weighted by Gasteiger charge is 2.37. The van der Waals surface area contributed by atoms with E-state index in [1.807, 2.05) is 0 Å². The van der Waals surface area contributed by atoms with Crippen molar-refractivity contribution in [1.29, 1.82) is 0 Å². The summed E-state index contributed by atoms with van der Waals surface area (Å²) >= 11 is 0. The Labute approximate surface area is 123 Å². The van der Waals surface area contributed by atoms with Crippen LogP contribution in [0.5, 0.6) is 0 Å². The minimum Gasteiger partial charge on any atom is -0.475 e. The number of hydrogen-bond donors (Lipinski definition) is 1. The predicted molar refractivity (Wildman–Crippen MR) is 76.3 cm³/mol. The van der Waals surface area contributed by atoms with E-state index in [9.17, 15) is 9.59 Å². The van der Waals surface area contributed by atoms with E-state index >= 15 is 0 Å². The van der Waals surface area contributed by atoms with Gasteiger partial charge in [-0.1, -0.05) is 19.3 Å². The molecule has 1 spiro atoms. The fourth-order valence-electron chi connectivity index (χ4n) is 3.71. The Hall–Kier alpha value is -1.78. The summed E-state index contributed by atoms with van der Waals surface area (Å²) in [6.07, 6.45) is 8.67. The lowest BCUT2D eigenvalue weighted by Crippen LogP contribution is -2.43. The average molecular weight is 291 g/mol. The Morgan fingerprint density at radius 2 is 1.62 bits per heavy atom. The molecule has 1 saturated heterocycles. The van der Waals surface area contributed by atoms with Crippen LogP contribution in [0, 0.1) is 5.41 Å². The SMILES string of the molecule is O=C(O)c1ccc(C(=O)N2CCC3(CCCCC3)CC2)o1. The number of hydrogen-bond acceptors (Lipinski definition) is 3. The van der Waals surface area contributed by atoms with Crippen molar-refractivity contribution in [2.45, 2.75) is 44.9 Å². The maximum atomic E-state index is 12.3. The molecule has 2 heterocycles. The molecule has 21 heavy (non-hydrogen) atoms. The molecule has 2 aliphatic rings. The number of amides is 1. The van der Waals surface area contributed by atoms with Gasteiger partial charge < -0.3 is 14.4 Å². The summed E-state index contributed by atoms with van der Waals surface area (Å²) in [5.41, 5.74) is 0.449. The van der Waals surface area contributed by atoms with Crippen molar-refractivity contribution in [1.82, 2.24) is 4.90 Å². The number of aromatic carboxylic acids is 1. The Bertz CT molecular complexity index is 532. The largest absolute Gasteiger partial charge is 0.475 e. The van der Waals surface area contributed by atoms with Crippen LogP contribution in [0.25, 0.3) is 0 Å². The first-order valence-electron chi connectivity index (χ1n) is 7.72. The van der Waals surface area contributed by atoms with E-state index < -0.39 is 5.97 Å². The smallest absolute Gasteiger partial charge is 0.371 e. The highest BCUT2D eigenvalue weighted by Crippen LogP contribution is 2.44. The number of carboxylic acids is 1. The van der Waals surface area contributed by atoms with Crippen LogP contribution in [-0.4, -0.2) is 35.0 Å². The molecule has 5 heteroatoms. The van der Waals surface area contributed by atoms with E-state index in [4.69, 9.17) is 9.52 Å². The van der Waals surface area contributed by atoms with Gasteiger partial charge in [0.15, 0.2) is 5.76 Å². The summed E-state index contributed by atoms with van der Waals surface area (Å²) in [6, 6.07) is 2.79. The highest BCUT2D eigenvalue weighted by molar-refractivity contribution is 5.93. The number of likely N-dealkylation sites (tertiary alicyclic amines) is 1. The van der Waals surface area contributed by atoms with Crippen molar-refractivity contribution < 1.29 is 19.1 Å². The fraction of sp³-hybridized carbons (Fsp3) is 0.625. The molecule has 0 bridgehead atoms. The quantitative estimate of drug-likeness (QED) is 0.908. The first-order valence-corrected chi connectivity index (χ1v) is 7.72. The zero-order chi connectivity index (χ0) is 14.9. The highest BCUT2D eigenvalue weighted by atomic mass is 16.4. The van der Waals surface area contributed by atoms with Gasteiger partial charge in [-0.2, -0.15) is 0 Å². The first-order chi connectivity index (χ1) is 10.1. The molecule has 0 aromatic carbocycles. The third-order valence-electron chi connectivity index (χ3n) is 5.05. The Kier molecular flexibility index (Phi) is 3.74. The third-order valence-corrected chi connectivity index (χ3v) is 5.05. The normalized spacial score (nSPS) is 21.4. The molecule has 0 atom stereocenters. The molecule has 0 unspecified atom stereocenters. The van der Waals surface area contributed by atoms with Gasteiger partial charge >= 0.3 is 5.97 Å². The molecule has 1 amide bonds. The summed E-state index contributed by atoms with van der Waals surface area (Å²) in [7, 11) is 0. The van der Waals surface area contributed by atoms with E-state index in [-0.39, 0.29) is 17.4 Å². The first kappa shape index (κ1) is 14.2. The second-order valence-corrected chi connectivity index (χ2v) is 6.32. The van der Waals surface area contributed by atoms with Crippen LogP contribution in [0.15, 0.2) is 16.5 Å². The number of carbonyl (C=O) groups excluding carboxylic acids is 1. The molecular weight excluding hydrogens is 270 g/mol. The van der Waals surface area contributed by atoms with Gasteiger partial charge in [-0.3, -0.25) is 4.79 Å². The van der Waals surface area contributed by atoms with Crippen LogP contribution in [-0.2, 0) is 0 Å². The van der Waals surface area contributed by atoms with Crippen molar-refractivity contribution in [2.24, 2.45) is 5.41 Å². The summed E-state index contributed by atoms with van der Waals surface area (Å²) in [6.45, 7) is 1.50. The van der Waals surface area contributed by atoms with E-state index in [0.717, 1.165) is 25.9 Å².